The van der Waals surface area contributed by atoms with Crippen LogP contribution in [-0.4, -0.2) is 13.6 Å². The molecule has 0 aliphatic heterocycles. The van der Waals surface area contributed by atoms with Crippen LogP contribution in [0, 0.1) is 17.3 Å². The number of hydrogen-bond donors (Lipinski definition) is 1. The number of likely N-dealkylation sites (N-methyl/N-ethyl adjacent to an activating group) is 1. The molecule has 2 nitrogen and oxygen atoms in total. The molecule has 144 valence electrons. The van der Waals surface area contributed by atoms with Gasteiger partial charge in [0, 0.05) is 12.0 Å². The number of benzene rings is 2. The van der Waals surface area contributed by atoms with Crippen molar-refractivity contribution in [1.82, 2.24) is 5.32 Å². The summed E-state index contributed by atoms with van der Waals surface area (Å²) in [6.07, 6.45) is 4.95. The van der Waals surface area contributed by atoms with Crippen LogP contribution in [0.2, 0.25) is 0 Å². The molecule has 0 spiro atoms. The first-order valence-electron chi connectivity index (χ1n) is 9.52. The maximum atomic E-state index is 5.73. The zero-order chi connectivity index (χ0) is 20.0. The lowest BCUT2D eigenvalue weighted by molar-refractivity contribution is 0.306. The predicted octanol–water partition coefficient (Wildman–Crippen LogP) is 5.64. The molecule has 0 aliphatic carbocycles. The number of aryl methyl sites for hydroxylation is 1. The molecule has 2 heteroatoms. The highest BCUT2D eigenvalue weighted by Gasteiger charge is 2.02. The van der Waals surface area contributed by atoms with Crippen LogP contribution in [0.15, 0.2) is 66.7 Å². The molecule has 0 atom stereocenters. The quantitative estimate of drug-likeness (QED) is 0.671. The minimum atomic E-state index is 0.115. The van der Waals surface area contributed by atoms with E-state index in [1.165, 1.54) is 11.1 Å². The second-order valence-corrected chi connectivity index (χ2v) is 7.25. The van der Waals surface area contributed by atoms with Gasteiger partial charge >= 0.3 is 0 Å². The molecule has 0 unspecified atom stereocenters. The van der Waals surface area contributed by atoms with Gasteiger partial charge in [0.05, 0.1) is 0 Å². The van der Waals surface area contributed by atoms with Gasteiger partial charge in [-0.1, -0.05) is 67.3 Å². The van der Waals surface area contributed by atoms with Crippen LogP contribution >= 0.6 is 0 Å². The minimum Gasteiger partial charge on any atom is -0.489 e. The molecule has 0 heterocycles. The van der Waals surface area contributed by atoms with E-state index in [1.54, 1.807) is 0 Å². The van der Waals surface area contributed by atoms with E-state index in [1.807, 2.05) is 49.5 Å². The van der Waals surface area contributed by atoms with E-state index in [2.05, 4.69) is 69.1 Å². The van der Waals surface area contributed by atoms with Crippen molar-refractivity contribution >= 4 is 0 Å². The van der Waals surface area contributed by atoms with Gasteiger partial charge in [0.15, 0.2) is 0 Å². The summed E-state index contributed by atoms with van der Waals surface area (Å²) in [5, 5.41) is 3.01. The van der Waals surface area contributed by atoms with Gasteiger partial charge in [0.25, 0.3) is 0 Å². The van der Waals surface area contributed by atoms with E-state index < -0.39 is 0 Å². The van der Waals surface area contributed by atoms with E-state index >= 15 is 0 Å². The van der Waals surface area contributed by atoms with Crippen molar-refractivity contribution in [2.45, 2.75) is 40.7 Å². The van der Waals surface area contributed by atoms with Crippen LogP contribution in [-0.2, 0) is 13.0 Å². The average Bonchev–Trinajstić information content (AvgIpc) is 2.67. The first-order chi connectivity index (χ1) is 12.9. The molecule has 0 aliphatic rings. The van der Waals surface area contributed by atoms with Crippen molar-refractivity contribution < 1.29 is 4.74 Å². The van der Waals surface area contributed by atoms with Gasteiger partial charge in [-0.3, -0.25) is 0 Å². The van der Waals surface area contributed by atoms with E-state index in [-0.39, 0.29) is 5.41 Å². The summed E-state index contributed by atoms with van der Waals surface area (Å²) < 4.78 is 5.73. The summed E-state index contributed by atoms with van der Waals surface area (Å²) in [4.78, 5) is 0. The lowest BCUT2D eigenvalue weighted by atomic mass is 9.98. The molecule has 2 aromatic carbocycles. The summed E-state index contributed by atoms with van der Waals surface area (Å²) in [7, 11) is 1.92. The molecule has 0 amide bonds. The predicted molar refractivity (Wildman–Crippen MR) is 117 cm³/mol. The van der Waals surface area contributed by atoms with Gasteiger partial charge in [-0.15, -0.1) is 0 Å². The molecule has 27 heavy (non-hydrogen) atoms. The molecule has 1 N–H and O–H groups in total. The Morgan fingerprint density at radius 2 is 1.70 bits per heavy atom. The zero-order valence-corrected chi connectivity index (χ0v) is 17.4. The zero-order valence-electron chi connectivity index (χ0n) is 17.4. The highest BCUT2D eigenvalue weighted by atomic mass is 16.5. The lowest BCUT2D eigenvalue weighted by Crippen LogP contribution is -2.03. The Morgan fingerprint density at radius 1 is 1.00 bits per heavy atom. The van der Waals surface area contributed by atoms with Gasteiger partial charge < -0.3 is 10.1 Å². The fraction of sp³-hybridized carbons (Fsp3) is 0.360. The average molecular weight is 364 g/mol. The Kier molecular flexibility index (Phi) is 10.7. The second-order valence-electron chi connectivity index (χ2n) is 7.25. The smallest absolute Gasteiger partial charge is 0.120 e. The third-order valence-corrected chi connectivity index (χ3v) is 3.53. The fourth-order valence-electron chi connectivity index (χ4n) is 2.09. The van der Waals surface area contributed by atoms with Crippen molar-refractivity contribution in [2.24, 2.45) is 5.41 Å². The standard InChI is InChI=1S/C15H16O.C10H17N/c1-2-13-9-6-10-15(11-13)16-12-14-7-4-3-5-8-14;1-10(2,3)8-6-5-7-9-11-4/h3-11H,2,12H2,1H3;5,7,11H,9H2,1-4H3. The van der Waals surface area contributed by atoms with E-state index in [9.17, 15) is 0 Å². The van der Waals surface area contributed by atoms with Crippen LogP contribution in [0.4, 0.5) is 0 Å². The third-order valence-electron chi connectivity index (χ3n) is 3.53. The van der Waals surface area contributed by atoms with E-state index in [0.717, 1.165) is 18.7 Å². The van der Waals surface area contributed by atoms with Gasteiger partial charge in [-0.05, 0) is 63.6 Å². The Balaban J connectivity index is 0.000000293. The molecule has 0 saturated carbocycles. The molecule has 0 fully saturated rings. The summed E-state index contributed by atoms with van der Waals surface area (Å²) >= 11 is 0. The summed E-state index contributed by atoms with van der Waals surface area (Å²) in [6, 6.07) is 18.5. The van der Waals surface area contributed by atoms with Crippen LogP contribution in [0.5, 0.6) is 5.75 Å². The second kappa shape index (κ2) is 12.8. The van der Waals surface area contributed by atoms with Crippen molar-refractivity contribution in [2.75, 3.05) is 13.6 Å². The van der Waals surface area contributed by atoms with Crippen LogP contribution < -0.4 is 10.1 Å². The molecule has 0 saturated heterocycles. The number of rotatable bonds is 6. The molecule has 0 aromatic heterocycles. The van der Waals surface area contributed by atoms with Gasteiger partial charge in [-0.25, -0.2) is 0 Å². The number of hydrogen-bond acceptors (Lipinski definition) is 2. The molecule has 0 bridgehead atoms. The number of allylic oxidation sites excluding steroid dienone is 1. The van der Waals surface area contributed by atoms with Gasteiger partial charge in [0.2, 0.25) is 0 Å². The fourth-order valence-corrected chi connectivity index (χ4v) is 2.09. The Labute approximate surface area is 165 Å². The van der Waals surface area contributed by atoms with E-state index in [0.29, 0.717) is 6.61 Å². The first-order valence-corrected chi connectivity index (χ1v) is 9.52. The first kappa shape index (κ1) is 22.5. The van der Waals surface area contributed by atoms with Crippen molar-refractivity contribution in [3.63, 3.8) is 0 Å². The summed E-state index contributed by atoms with van der Waals surface area (Å²) in [6.45, 7) is 9.98. The number of ether oxygens (including phenoxy) is 1. The topological polar surface area (TPSA) is 21.3 Å². The Hall–Kier alpha value is -2.50. The molecular weight excluding hydrogens is 330 g/mol. The summed E-state index contributed by atoms with van der Waals surface area (Å²) in [5.41, 5.74) is 2.62. The van der Waals surface area contributed by atoms with Crippen molar-refractivity contribution in [3.05, 3.63) is 77.9 Å². The van der Waals surface area contributed by atoms with Crippen LogP contribution in [0.1, 0.15) is 38.8 Å². The van der Waals surface area contributed by atoms with Crippen LogP contribution in [0.25, 0.3) is 0 Å². The highest BCUT2D eigenvalue weighted by molar-refractivity contribution is 5.28. The molecule has 2 aromatic rings. The van der Waals surface area contributed by atoms with E-state index in [4.69, 9.17) is 4.74 Å². The number of nitrogens with one attached hydrogen (secondary N) is 1. The van der Waals surface area contributed by atoms with Crippen molar-refractivity contribution in [1.29, 1.82) is 0 Å². The molecular formula is C25H33NO. The summed E-state index contributed by atoms with van der Waals surface area (Å²) in [5.74, 6) is 7.05. The molecule has 0 radical (unpaired) electrons. The third kappa shape index (κ3) is 11.7. The largest absolute Gasteiger partial charge is 0.489 e. The SMILES string of the molecule is CCc1cccc(OCc2ccccc2)c1.CNCC=CC#CC(C)(C)C. The highest BCUT2D eigenvalue weighted by Crippen LogP contribution is 2.15. The molecule has 2 rings (SSSR count). The van der Waals surface area contributed by atoms with Crippen molar-refractivity contribution in [3.8, 4) is 17.6 Å². The Morgan fingerprint density at radius 3 is 2.33 bits per heavy atom. The monoisotopic (exact) mass is 363 g/mol. The lowest BCUT2D eigenvalue weighted by Gasteiger charge is -2.07. The minimum absolute atomic E-state index is 0.115. The van der Waals surface area contributed by atoms with Gasteiger partial charge in [0.1, 0.15) is 12.4 Å². The maximum absolute atomic E-state index is 5.73. The van der Waals surface area contributed by atoms with Crippen LogP contribution in [0.3, 0.4) is 0 Å². The normalized spacial score (nSPS) is 10.6. The Bertz CT molecular complexity index is 730. The maximum Gasteiger partial charge on any atom is 0.120 e. The van der Waals surface area contributed by atoms with Gasteiger partial charge in [-0.2, -0.15) is 0 Å².